The molecule has 5 rings (SSSR count). The zero-order chi connectivity index (χ0) is 17.5. The maximum Gasteiger partial charge on any atom is 0.271 e. The summed E-state index contributed by atoms with van der Waals surface area (Å²) in [5.41, 5.74) is 4.41. The maximum absolute atomic E-state index is 12.6. The van der Waals surface area contributed by atoms with Crippen LogP contribution in [0.2, 0.25) is 0 Å². The van der Waals surface area contributed by atoms with Gasteiger partial charge in [0.25, 0.3) is 5.91 Å². The van der Waals surface area contributed by atoms with Crippen LogP contribution in [-0.2, 0) is 6.42 Å². The zero-order valence-corrected chi connectivity index (χ0v) is 13.9. The van der Waals surface area contributed by atoms with Crippen molar-refractivity contribution >= 4 is 11.5 Å². The van der Waals surface area contributed by atoms with Crippen molar-refractivity contribution in [3.05, 3.63) is 66.1 Å². The quantitative estimate of drug-likeness (QED) is 0.714. The lowest BCUT2D eigenvalue weighted by Crippen LogP contribution is -2.19. The summed E-state index contributed by atoms with van der Waals surface area (Å²) in [6.45, 7) is 1.09. The van der Waals surface area contributed by atoms with E-state index in [9.17, 15) is 4.79 Å². The Balaban J connectivity index is 1.55. The van der Waals surface area contributed by atoms with Gasteiger partial charge in [0.15, 0.2) is 11.5 Å². The standard InChI is InChI=1S/C20H15N3O3/c24-20-11-14(13-4-5-18-19(10-13)26-8-7-25-18)9-17-15(12-22-23(17)20)16-3-1-2-6-21-16/h1-6,10-12H,7-9H2. The van der Waals surface area contributed by atoms with Gasteiger partial charge in [-0.15, -0.1) is 0 Å². The average Bonchev–Trinajstić information content (AvgIpc) is 3.13. The molecule has 0 saturated heterocycles. The molecule has 0 N–H and O–H groups in total. The Morgan fingerprint density at radius 2 is 1.92 bits per heavy atom. The molecule has 0 spiro atoms. The third kappa shape index (κ3) is 2.38. The van der Waals surface area contributed by atoms with Gasteiger partial charge in [0.1, 0.15) is 13.2 Å². The van der Waals surface area contributed by atoms with Crippen LogP contribution in [0.4, 0.5) is 0 Å². The van der Waals surface area contributed by atoms with Gasteiger partial charge in [-0.25, -0.2) is 4.68 Å². The minimum absolute atomic E-state index is 0.154. The van der Waals surface area contributed by atoms with E-state index in [2.05, 4.69) is 10.1 Å². The molecule has 128 valence electrons. The summed E-state index contributed by atoms with van der Waals surface area (Å²) in [5, 5.41) is 4.25. The number of benzene rings is 1. The number of pyridine rings is 1. The second kappa shape index (κ2) is 5.84. The molecule has 0 bridgehead atoms. The van der Waals surface area contributed by atoms with Crippen LogP contribution in [0.5, 0.6) is 11.5 Å². The van der Waals surface area contributed by atoms with Crippen LogP contribution in [0.1, 0.15) is 16.1 Å². The third-order valence-electron chi connectivity index (χ3n) is 4.59. The monoisotopic (exact) mass is 345 g/mol. The topological polar surface area (TPSA) is 66.2 Å². The lowest BCUT2D eigenvalue weighted by Gasteiger charge is -2.21. The number of nitrogens with zero attached hydrogens (tertiary/aromatic N) is 3. The van der Waals surface area contributed by atoms with E-state index in [1.54, 1.807) is 18.5 Å². The maximum atomic E-state index is 12.6. The molecule has 0 unspecified atom stereocenters. The largest absolute Gasteiger partial charge is 0.486 e. The summed E-state index contributed by atoms with van der Waals surface area (Å²) in [5.74, 6) is 1.30. The molecule has 0 atom stereocenters. The number of rotatable bonds is 2. The Hall–Kier alpha value is -3.41. The molecular weight excluding hydrogens is 330 g/mol. The van der Waals surface area contributed by atoms with Gasteiger partial charge in [-0.3, -0.25) is 9.78 Å². The number of hydrogen-bond donors (Lipinski definition) is 0. The number of carbonyl (C=O) groups is 1. The average molecular weight is 345 g/mol. The molecule has 0 aliphatic carbocycles. The summed E-state index contributed by atoms with van der Waals surface area (Å²) < 4.78 is 12.7. The molecular formula is C20H15N3O3. The molecule has 26 heavy (non-hydrogen) atoms. The second-order valence-corrected chi connectivity index (χ2v) is 6.17. The third-order valence-corrected chi connectivity index (χ3v) is 4.59. The molecule has 2 aliphatic heterocycles. The van der Waals surface area contributed by atoms with Gasteiger partial charge in [-0.2, -0.15) is 5.10 Å². The van der Waals surface area contributed by atoms with E-state index in [1.807, 2.05) is 36.4 Å². The van der Waals surface area contributed by atoms with Crippen molar-refractivity contribution in [1.29, 1.82) is 0 Å². The minimum Gasteiger partial charge on any atom is -0.486 e. The summed E-state index contributed by atoms with van der Waals surface area (Å²) in [4.78, 5) is 16.9. The van der Waals surface area contributed by atoms with Gasteiger partial charge < -0.3 is 9.47 Å². The predicted octanol–water partition coefficient (Wildman–Crippen LogP) is 3.00. The SMILES string of the molecule is O=C1C=C(c2ccc3c(c2)OCCO3)Cc2c(-c3ccccn3)cnn21. The van der Waals surface area contributed by atoms with Gasteiger partial charge in [0, 0.05) is 24.3 Å². The zero-order valence-electron chi connectivity index (χ0n) is 13.9. The first-order chi connectivity index (χ1) is 12.8. The summed E-state index contributed by atoms with van der Waals surface area (Å²) in [6.07, 6.45) is 5.67. The number of hydrogen-bond acceptors (Lipinski definition) is 5. The first-order valence-electron chi connectivity index (χ1n) is 8.43. The molecule has 2 aromatic heterocycles. The Morgan fingerprint density at radius 3 is 2.77 bits per heavy atom. The molecule has 6 heteroatoms. The molecule has 0 amide bonds. The van der Waals surface area contributed by atoms with Crippen molar-refractivity contribution in [1.82, 2.24) is 14.8 Å². The van der Waals surface area contributed by atoms with E-state index in [0.29, 0.717) is 25.4 Å². The number of ether oxygens (including phenoxy) is 2. The highest BCUT2D eigenvalue weighted by Gasteiger charge is 2.24. The fourth-order valence-electron chi connectivity index (χ4n) is 3.34. The normalized spacial score (nSPS) is 15.4. The molecule has 0 radical (unpaired) electrons. The van der Waals surface area contributed by atoms with Crippen molar-refractivity contribution in [2.45, 2.75) is 6.42 Å². The summed E-state index contributed by atoms with van der Waals surface area (Å²) in [6, 6.07) is 11.5. The highest BCUT2D eigenvalue weighted by Crippen LogP contribution is 2.36. The Morgan fingerprint density at radius 1 is 1.04 bits per heavy atom. The van der Waals surface area contributed by atoms with E-state index >= 15 is 0 Å². The highest BCUT2D eigenvalue weighted by atomic mass is 16.6. The van der Waals surface area contributed by atoms with E-state index in [4.69, 9.17) is 9.47 Å². The smallest absolute Gasteiger partial charge is 0.271 e. The van der Waals surface area contributed by atoms with Crippen LogP contribution in [0.15, 0.2) is 54.9 Å². The molecule has 0 saturated carbocycles. The summed E-state index contributed by atoms with van der Waals surface area (Å²) >= 11 is 0. The van der Waals surface area contributed by atoms with Gasteiger partial charge >= 0.3 is 0 Å². The van der Waals surface area contributed by atoms with Gasteiger partial charge in [0.05, 0.1) is 17.6 Å². The number of aromatic nitrogens is 3. The van der Waals surface area contributed by atoms with E-state index in [1.165, 1.54) is 4.68 Å². The second-order valence-electron chi connectivity index (χ2n) is 6.17. The van der Waals surface area contributed by atoms with Crippen LogP contribution in [0.3, 0.4) is 0 Å². The van der Waals surface area contributed by atoms with E-state index < -0.39 is 0 Å². The van der Waals surface area contributed by atoms with E-state index in [0.717, 1.165) is 33.8 Å². The van der Waals surface area contributed by atoms with Crippen LogP contribution >= 0.6 is 0 Å². The van der Waals surface area contributed by atoms with Crippen LogP contribution in [-0.4, -0.2) is 33.9 Å². The molecule has 6 nitrogen and oxygen atoms in total. The minimum atomic E-state index is -0.154. The van der Waals surface area contributed by atoms with Crippen LogP contribution < -0.4 is 9.47 Å². The number of fused-ring (bicyclic) bond motifs is 2. The van der Waals surface area contributed by atoms with Gasteiger partial charge in [-0.1, -0.05) is 12.1 Å². The Bertz CT molecular complexity index is 1040. The lowest BCUT2D eigenvalue weighted by molar-refractivity contribution is 0.0949. The molecule has 2 aliphatic rings. The summed E-state index contributed by atoms with van der Waals surface area (Å²) in [7, 11) is 0. The number of carbonyl (C=O) groups excluding carboxylic acids is 1. The van der Waals surface area contributed by atoms with Gasteiger partial charge in [0.2, 0.25) is 0 Å². The molecule has 1 aromatic carbocycles. The van der Waals surface area contributed by atoms with Crippen molar-refractivity contribution in [2.24, 2.45) is 0 Å². The van der Waals surface area contributed by atoms with Crippen LogP contribution in [0.25, 0.3) is 16.8 Å². The fourth-order valence-corrected chi connectivity index (χ4v) is 3.34. The lowest BCUT2D eigenvalue weighted by atomic mass is 9.95. The molecule has 0 fully saturated rings. The Labute approximate surface area is 149 Å². The predicted molar refractivity (Wildman–Crippen MR) is 95.2 cm³/mol. The molecule has 3 aromatic rings. The first kappa shape index (κ1) is 14.9. The van der Waals surface area contributed by atoms with Crippen molar-refractivity contribution in [3.8, 4) is 22.8 Å². The number of allylic oxidation sites excluding steroid dienone is 2. The van der Waals surface area contributed by atoms with Crippen molar-refractivity contribution in [3.63, 3.8) is 0 Å². The Kier molecular flexibility index (Phi) is 3.35. The van der Waals surface area contributed by atoms with E-state index in [-0.39, 0.29) is 5.91 Å². The highest BCUT2D eigenvalue weighted by molar-refractivity contribution is 6.00. The van der Waals surface area contributed by atoms with Crippen molar-refractivity contribution in [2.75, 3.05) is 13.2 Å². The first-order valence-corrected chi connectivity index (χ1v) is 8.43. The van der Waals surface area contributed by atoms with Crippen molar-refractivity contribution < 1.29 is 14.3 Å². The molecule has 4 heterocycles. The van der Waals surface area contributed by atoms with Crippen LogP contribution in [0, 0.1) is 0 Å². The van der Waals surface area contributed by atoms with Gasteiger partial charge in [-0.05, 0) is 35.4 Å². The fraction of sp³-hybridized carbons (Fsp3) is 0.150.